The van der Waals surface area contributed by atoms with Gasteiger partial charge in [-0.05, 0) is 0 Å². The third-order valence-corrected chi connectivity index (χ3v) is 1.64. The Kier molecular flexibility index (Phi) is 71.8. The third-order valence-electron chi connectivity index (χ3n) is 0.548. The molecule has 0 aliphatic heterocycles. The average molecular weight is 267 g/mol. The fourth-order valence-corrected chi connectivity index (χ4v) is 1.10. The van der Waals surface area contributed by atoms with Gasteiger partial charge in [0.25, 0.3) is 0 Å². The Morgan fingerprint density at radius 3 is 1.25 bits per heavy atom. The topological polar surface area (TPSA) is 28.2 Å². The van der Waals surface area contributed by atoms with Crippen molar-refractivity contribution in [2.75, 3.05) is 27.3 Å². The van der Waals surface area contributed by atoms with Gasteiger partial charge >= 0.3 is 0 Å². The van der Waals surface area contributed by atoms with Gasteiger partial charge in [0, 0.05) is 41.5 Å². The van der Waals surface area contributed by atoms with E-state index < -0.39 is 0 Å². The van der Waals surface area contributed by atoms with Crippen LogP contribution < -0.4 is 0 Å². The molecule has 0 aromatic heterocycles. The third kappa shape index (κ3) is 65.5. The van der Waals surface area contributed by atoms with E-state index in [0.29, 0.717) is 0 Å². The molecule has 0 aromatic carbocycles. The van der Waals surface area contributed by atoms with Crippen molar-refractivity contribution in [2.24, 2.45) is 0 Å². The maximum absolute atomic E-state index is 4.00. The van der Waals surface area contributed by atoms with Crippen LogP contribution in [0.15, 0.2) is 0 Å². The van der Waals surface area contributed by atoms with Crippen molar-refractivity contribution in [1.82, 2.24) is 0 Å². The Labute approximate surface area is 107 Å². The van der Waals surface area contributed by atoms with Gasteiger partial charge in [0.05, 0.1) is 0 Å². The molecule has 0 spiro atoms. The largest absolute Gasteiger partial charge is 0.668 e. The molecule has 0 bridgehead atoms. The molecule has 0 saturated carbocycles. The van der Waals surface area contributed by atoms with E-state index in [-0.39, 0.29) is 56.4 Å². The van der Waals surface area contributed by atoms with Gasteiger partial charge < -0.3 is 10.6 Å². The first-order valence-electron chi connectivity index (χ1n) is 3.22. The molecule has 0 aliphatic carbocycles. The van der Waals surface area contributed by atoms with E-state index in [4.69, 9.17) is 0 Å². The monoisotopic (exact) mass is 267 g/mol. The molecule has 77 valence electrons. The zero-order chi connectivity index (χ0) is 7.70. The van der Waals surface area contributed by atoms with E-state index in [0.717, 1.165) is 6.17 Å². The van der Waals surface area contributed by atoms with Crippen molar-refractivity contribution in [2.45, 2.75) is 27.9 Å². The minimum atomic E-state index is -0.337. The summed E-state index contributed by atoms with van der Waals surface area (Å²) in [6.45, 7) is 4.60. The minimum Gasteiger partial charge on any atom is -0.668 e. The van der Waals surface area contributed by atoms with Crippen LogP contribution in [0.1, 0.15) is 14.9 Å². The first-order chi connectivity index (χ1) is 4.18. The van der Waals surface area contributed by atoms with E-state index in [1.165, 1.54) is 0 Å². The average Bonchev–Trinajstić information content (AvgIpc) is 1.67. The quantitative estimate of drug-likeness (QED) is 0.688. The molecule has 0 fully saturated rings. The van der Waals surface area contributed by atoms with Gasteiger partial charge in [0.2, 0.25) is 0 Å². The van der Waals surface area contributed by atoms with Gasteiger partial charge in [-0.2, -0.15) is 27.3 Å². The fourth-order valence-electron chi connectivity index (χ4n) is 0.365. The smallest absolute Gasteiger partial charge is 0.00995 e. The molecule has 0 heterocycles. The zero-order valence-corrected chi connectivity index (χ0v) is 11.7. The molecule has 0 rings (SSSR count). The van der Waals surface area contributed by atoms with Crippen LogP contribution in [-0.4, -0.2) is 36.1 Å². The Bertz CT molecular complexity index is 46.0. The van der Waals surface area contributed by atoms with Crippen LogP contribution in [0.4, 0.5) is 0 Å². The van der Waals surface area contributed by atoms with Crippen molar-refractivity contribution in [1.29, 1.82) is 0 Å². The normalized spacial score (nSPS) is 6.50. The second-order valence-electron chi connectivity index (χ2n) is 2.34. The minimum absolute atomic E-state index is 0. The zero-order valence-electron chi connectivity index (χ0n) is 7.76. The predicted molar refractivity (Wildman–Crippen MR) is 61.7 cm³/mol. The van der Waals surface area contributed by atoms with E-state index in [1.54, 1.807) is 14.1 Å². The summed E-state index contributed by atoms with van der Waals surface area (Å²) in [5.41, 5.74) is 0. The molecule has 0 aliphatic rings. The van der Waals surface area contributed by atoms with E-state index in [1.807, 2.05) is 7.05 Å². The van der Waals surface area contributed by atoms with Gasteiger partial charge in [-0.15, -0.1) is 0 Å². The molecule has 4 heteroatoms. The maximum atomic E-state index is 4.00. The Balaban J connectivity index is -0.0000000246. The molecule has 0 aromatic rings. The summed E-state index contributed by atoms with van der Waals surface area (Å²) in [7, 11) is 5.04. The van der Waals surface area contributed by atoms with Crippen LogP contribution in [0.2, 0.25) is 13.1 Å². The number of hydrogen-bond acceptors (Lipinski definition) is 0. The van der Waals surface area contributed by atoms with Crippen molar-refractivity contribution in [3.05, 3.63) is 10.6 Å². The van der Waals surface area contributed by atoms with Crippen molar-refractivity contribution >= 4 is 8.80 Å². The SMILES string of the molecule is C.C.C[N-]C.C[N-]C[SiH](C)C.[Y]. The second kappa shape index (κ2) is 29.5. The second-order valence-corrected chi connectivity index (χ2v) is 5.49. The summed E-state index contributed by atoms with van der Waals surface area (Å²) in [5, 5.41) is 7.50. The molecule has 0 unspecified atom stereocenters. The van der Waals surface area contributed by atoms with Crippen LogP contribution in [0.25, 0.3) is 10.6 Å². The Morgan fingerprint density at radius 2 is 1.25 bits per heavy atom. The van der Waals surface area contributed by atoms with Gasteiger partial charge in [0.1, 0.15) is 0 Å². The summed E-state index contributed by atoms with van der Waals surface area (Å²) in [4.78, 5) is 0. The standard InChI is InChI=1S/C4H12NSi.C2H6N.2CH4.Y/c1-5-4-6(2)3;1-3-2;;;/h6H,4H2,1-3H3;1-2H3;2*1H4;/q2*-1;;;. The molecule has 0 N–H and O–H groups in total. The van der Waals surface area contributed by atoms with Crippen molar-refractivity contribution in [3.8, 4) is 0 Å². The molecule has 1 radical (unpaired) electrons. The van der Waals surface area contributed by atoms with Crippen LogP contribution >= 0.6 is 0 Å². The summed E-state index contributed by atoms with van der Waals surface area (Å²) in [6.07, 6.45) is 1.14. The van der Waals surface area contributed by atoms with Crippen LogP contribution in [-0.2, 0) is 32.7 Å². The molecular formula is C8H26N2SiY-2. The summed E-state index contributed by atoms with van der Waals surface area (Å²) in [5.74, 6) is 0. The number of nitrogens with zero attached hydrogens (tertiary/aromatic N) is 2. The molecule has 0 amide bonds. The van der Waals surface area contributed by atoms with Gasteiger partial charge in [-0.3, -0.25) is 0 Å². The maximum Gasteiger partial charge on any atom is 0.00995 e. The summed E-state index contributed by atoms with van der Waals surface area (Å²) in [6, 6.07) is 0. The Hall–Kier alpha value is 1.24. The first-order valence-corrected chi connectivity index (χ1v) is 6.35. The molecule has 0 atom stereocenters. The molecule has 12 heavy (non-hydrogen) atoms. The molecule has 2 nitrogen and oxygen atoms in total. The van der Waals surface area contributed by atoms with E-state index >= 15 is 0 Å². The van der Waals surface area contributed by atoms with Crippen LogP contribution in [0, 0.1) is 0 Å². The fraction of sp³-hybridized carbons (Fsp3) is 1.00. The van der Waals surface area contributed by atoms with E-state index in [9.17, 15) is 0 Å². The summed E-state index contributed by atoms with van der Waals surface area (Å²) >= 11 is 0. The van der Waals surface area contributed by atoms with Crippen molar-refractivity contribution in [3.63, 3.8) is 0 Å². The van der Waals surface area contributed by atoms with Crippen molar-refractivity contribution < 1.29 is 32.7 Å². The van der Waals surface area contributed by atoms with E-state index in [2.05, 4.69) is 23.7 Å². The first kappa shape index (κ1) is 29.2. The predicted octanol–water partition coefficient (Wildman–Crippen LogP) is 2.91. The summed E-state index contributed by atoms with van der Waals surface area (Å²) < 4.78 is 0. The Morgan fingerprint density at radius 1 is 1.00 bits per heavy atom. The van der Waals surface area contributed by atoms with Gasteiger partial charge in [-0.1, -0.05) is 27.9 Å². The van der Waals surface area contributed by atoms with Gasteiger partial charge in [-0.25, -0.2) is 0 Å². The van der Waals surface area contributed by atoms with Crippen LogP contribution in [0.5, 0.6) is 0 Å². The van der Waals surface area contributed by atoms with Gasteiger partial charge in [0.15, 0.2) is 0 Å². The van der Waals surface area contributed by atoms with Crippen LogP contribution in [0.3, 0.4) is 0 Å². The molecule has 0 saturated heterocycles. The number of hydrogen-bond donors (Lipinski definition) is 0. The number of rotatable bonds is 2. The molecular weight excluding hydrogens is 241 g/mol.